The van der Waals surface area contributed by atoms with Gasteiger partial charge >= 0.3 is 6.03 Å². The highest BCUT2D eigenvalue weighted by atomic mass is 35.5. The van der Waals surface area contributed by atoms with Crippen molar-refractivity contribution in [2.24, 2.45) is 4.99 Å². The lowest BCUT2D eigenvalue weighted by molar-refractivity contribution is -0.123. The van der Waals surface area contributed by atoms with Gasteiger partial charge in [0.1, 0.15) is 24.2 Å². The van der Waals surface area contributed by atoms with Crippen molar-refractivity contribution in [1.29, 1.82) is 0 Å². The van der Waals surface area contributed by atoms with Crippen molar-refractivity contribution in [2.75, 3.05) is 26.2 Å². The van der Waals surface area contributed by atoms with Gasteiger partial charge in [0.05, 0.1) is 18.2 Å². The second-order valence-corrected chi connectivity index (χ2v) is 12.1. The first-order chi connectivity index (χ1) is 19.6. The van der Waals surface area contributed by atoms with Crippen LogP contribution in [0.15, 0.2) is 71.7 Å². The van der Waals surface area contributed by atoms with Crippen molar-refractivity contribution in [3.63, 3.8) is 0 Å². The number of piperazine rings is 1. The minimum Gasteiger partial charge on any atom is -0.493 e. The molecule has 9 heteroatoms. The third-order valence-corrected chi connectivity index (χ3v) is 7.90. The van der Waals surface area contributed by atoms with Crippen LogP contribution in [-0.4, -0.2) is 53.8 Å². The number of ether oxygens (including phenoxy) is 1. The van der Waals surface area contributed by atoms with E-state index in [-0.39, 0.29) is 23.9 Å². The number of benzene rings is 3. The zero-order valence-electron chi connectivity index (χ0n) is 23.7. The summed E-state index contributed by atoms with van der Waals surface area (Å²) in [5, 5.41) is 4.02. The molecule has 2 aliphatic heterocycles. The van der Waals surface area contributed by atoms with Gasteiger partial charge in [0.25, 0.3) is 0 Å². The van der Waals surface area contributed by atoms with Crippen molar-refractivity contribution < 1.29 is 14.3 Å². The van der Waals surface area contributed by atoms with E-state index in [4.69, 9.17) is 32.9 Å². The Kier molecular flexibility index (Phi) is 8.30. The average molecular weight is 594 g/mol. The van der Waals surface area contributed by atoms with Crippen molar-refractivity contribution in [1.82, 2.24) is 15.1 Å². The summed E-state index contributed by atoms with van der Waals surface area (Å²) in [6.07, 6.45) is 0. The third kappa shape index (κ3) is 6.07. The van der Waals surface area contributed by atoms with Crippen molar-refractivity contribution in [3.8, 4) is 5.75 Å². The zero-order chi connectivity index (χ0) is 29.3. The number of hydrogen-bond donors (Lipinski definition) is 1. The standard InChI is InChI=1S/C32H34Cl2N4O3/c1-5-41-26-18-22(32(2,3)4)10-15-25(26)30-36-28(20-6-11-23(33)12-7-20)29(21-8-13-24(34)14-9-21)38(30)31(40)37-17-16-35-27(39)19-37/h6-15,18,28-29H,5,16-17,19H2,1-4H3,(H,35,39)/t28-,29+/m0/s1. The predicted molar refractivity (Wildman–Crippen MR) is 163 cm³/mol. The molecule has 1 fully saturated rings. The summed E-state index contributed by atoms with van der Waals surface area (Å²) < 4.78 is 6.16. The Bertz CT molecular complexity index is 1470. The number of aliphatic imine (C=N–C) groups is 1. The molecule has 214 valence electrons. The fourth-order valence-corrected chi connectivity index (χ4v) is 5.51. The Morgan fingerprint density at radius 1 is 1.00 bits per heavy atom. The van der Waals surface area contributed by atoms with Crippen LogP contribution in [0.1, 0.15) is 62.0 Å². The molecular weight excluding hydrogens is 559 g/mol. The largest absolute Gasteiger partial charge is 0.493 e. The van der Waals surface area contributed by atoms with E-state index in [0.29, 0.717) is 46.9 Å². The molecule has 2 heterocycles. The first-order valence-electron chi connectivity index (χ1n) is 13.8. The predicted octanol–water partition coefficient (Wildman–Crippen LogP) is 6.79. The molecule has 0 spiro atoms. The molecule has 41 heavy (non-hydrogen) atoms. The first-order valence-corrected chi connectivity index (χ1v) is 14.5. The van der Waals surface area contributed by atoms with Gasteiger partial charge < -0.3 is 15.0 Å². The van der Waals surface area contributed by atoms with Gasteiger partial charge in [-0.2, -0.15) is 0 Å². The van der Waals surface area contributed by atoms with Gasteiger partial charge in [-0.3, -0.25) is 14.7 Å². The summed E-state index contributed by atoms with van der Waals surface area (Å²) in [4.78, 5) is 35.3. The molecule has 0 aliphatic carbocycles. The number of carbonyl (C=O) groups excluding carboxylic acids is 2. The Hall–Kier alpha value is -3.55. The molecule has 0 aromatic heterocycles. The SMILES string of the molecule is CCOc1cc(C(C)(C)C)ccc1C1=N[C@@H](c2ccc(Cl)cc2)[C@@H](c2ccc(Cl)cc2)N1C(=O)N1CCNC(=O)C1. The van der Waals surface area contributed by atoms with Gasteiger partial charge in [-0.1, -0.05) is 74.3 Å². The third-order valence-electron chi connectivity index (χ3n) is 7.39. The van der Waals surface area contributed by atoms with Crippen LogP contribution in [0.5, 0.6) is 5.75 Å². The fourth-order valence-electron chi connectivity index (χ4n) is 5.26. The van der Waals surface area contributed by atoms with Gasteiger partial charge in [-0.15, -0.1) is 0 Å². The van der Waals surface area contributed by atoms with E-state index < -0.39 is 12.1 Å². The number of rotatable bonds is 5. The molecule has 2 atom stereocenters. The van der Waals surface area contributed by atoms with E-state index in [9.17, 15) is 9.59 Å². The number of urea groups is 1. The maximum absolute atomic E-state index is 14.4. The van der Waals surface area contributed by atoms with E-state index in [2.05, 4.69) is 32.2 Å². The van der Waals surface area contributed by atoms with Crippen LogP contribution in [-0.2, 0) is 10.2 Å². The maximum Gasteiger partial charge on any atom is 0.326 e. The summed E-state index contributed by atoms with van der Waals surface area (Å²) in [6, 6.07) is 19.8. The molecule has 1 saturated heterocycles. The number of amides is 3. The van der Waals surface area contributed by atoms with E-state index in [0.717, 1.165) is 16.7 Å². The molecule has 0 saturated carbocycles. The van der Waals surface area contributed by atoms with E-state index in [1.807, 2.05) is 67.6 Å². The number of carbonyl (C=O) groups is 2. The van der Waals surface area contributed by atoms with E-state index >= 15 is 0 Å². The highest BCUT2D eigenvalue weighted by Crippen LogP contribution is 2.46. The number of nitrogens with one attached hydrogen (secondary N) is 1. The molecule has 3 aromatic carbocycles. The smallest absolute Gasteiger partial charge is 0.326 e. The Morgan fingerprint density at radius 3 is 2.22 bits per heavy atom. The van der Waals surface area contributed by atoms with Crippen LogP contribution in [0.3, 0.4) is 0 Å². The Labute approximate surface area is 251 Å². The number of amidine groups is 1. The summed E-state index contributed by atoms with van der Waals surface area (Å²) in [5.74, 6) is 0.952. The highest BCUT2D eigenvalue weighted by molar-refractivity contribution is 6.30. The molecule has 5 rings (SSSR count). The number of halogens is 2. The Balaban J connectivity index is 1.71. The summed E-state index contributed by atoms with van der Waals surface area (Å²) >= 11 is 12.5. The van der Waals surface area contributed by atoms with Gasteiger partial charge in [0, 0.05) is 23.1 Å². The summed E-state index contributed by atoms with van der Waals surface area (Å²) in [6.45, 7) is 9.60. The number of hydrogen-bond acceptors (Lipinski definition) is 4. The van der Waals surface area contributed by atoms with Crippen molar-refractivity contribution in [3.05, 3.63) is 99.0 Å². The molecule has 1 N–H and O–H groups in total. The molecule has 3 amide bonds. The normalized spacial score (nSPS) is 19.2. The fraction of sp³-hybridized carbons (Fsp3) is 0.344. The topological polar surface area (TPSA) is 74.2 Å². The minimum atomic E-state index is -0.502. The van der Waals surface area contributed by atoms with Gasteiger partial charge in [-0.05, 0) is 65.4 Å². The molecule has 0 bridgehead atoms. The maximum atomic E-state index is 14.4. The molecule has 3 aromatic rings. The van der Waals surface area contributed by atoms with Crippen LogP contribution in [0.25, 0.3) is 0 Å². The second-order valence-electron chi connectivity index (χ2n) is 11.3. The molecule has 2 aliphatic rings. The van der Waals surface area contributed by atoms with Gasteiger partial charge in [-0.25, -0.2) is 4.79 Å². The molecule has 0 unspecified atom stereocenters. The lowest BCUT2D eigenvalue weighted by Crippen LogP contribution is -2.55. The molecule has 7 nitrogen and oxygen atoms in total. The van der Waals surface area contributed by atoms with Gasteiger partial charge in [0.2, 0.25) is 5.91 Å². The average Bonchev–Trinajstić information content (AvgIpc) is 3.33. The lowest BCUT2D eigenvalue weighted by atomic mass is 9.86. The number of nitrogens with zero attached hydrogens (tertiary/aromatic N) is 3. The van der Waals surface area contributed by atoms with Crippen LogP contribution >= 0.6 is 23.2 Å². The molecular formula is C32H34Cl2N4O3. The lowest BCUT2D eigenvalue weighted by Gasteiger charge is -2.36. The van der Waals surface area contributed by atoms with Crippen LogP contribution in [0.4, 0.5) is 4.79 Å². The Morgan fingerprint density at radius 2 is 1.63 bits per heavy atom. The zero-order valence-corrected chi connectivity index (χ0v) is 25.2. The molecule has 0 radical (unpaired) electrons. The second kappa shape index (κ2) is 11.7. The van der Waals surface area contributed by atoms with Crippen molar-refractivity contribution in [2.45, 2.75) is 45.2 Å². The first kappa shape index (κ1) is 29.0. The summed E-state index contributed by atoms with van der Waals surface area (Å²) in [5.41, 5.74) is 3.49. The quantitative estimate of drug-likeness (QED) is 0.354. The summed E-state index contributed by atoms with van der Waals surface area (Å²) in [7, 11) is 0. The van der Waals surface area contributed by atoms with Crippen LogP contribution in [0.2, 0.25) is 10.0 Å². The van der Waals surface area contributed by atoms with E-state index in [1.165, 1.54) is 0 Å². The van der Waals surface area contributed by atoms with Gasteiger partial charge in [0.15, 0.2) is 0 Å². The highest BCUT2D eigenvalue weighted by Gasteiger charge is 2.45. The minimum absolute atomic E-state index is 0.0250. The van der Waals surface area contributed by atoms with Crippen LogP contribution < -0.4 is 10.1 Å². The van der Waals surface area contributed by atoms with E-state index in [1.54, 1.807) is 9.80 Å². The monoisotopic (exact) mass is 592 g/mol. The van der Waals surface area contributed by atoms with Crippen molar-refractivity contribution >= 4 is 41.0 Å². The van der Waals surface area contributed by atoms with Crippen LogP contribution in [0, 0.1) is 0 Å².